The molecule has 0 bridgehead atoms. The molecule has 1 fully saturated rings. The van der Waals surface area contributed by atoms with Crippen molar-refractivity contribution in [2.75, 3.05) is 13.1 Å². The Labute approximate surface area is 117 Å². The van der Waals surface area contributed by atoms with Crippen LogP contribution in [0.2, 0.25) is 0 Å². The monoisotopic (exact) mass is 273 g/mol. The summed E-state index contributed by atoms with van der Waals surface area (Å²) in [6.07, 6.45) is 8.84. The summed E-state index contributed by atoms with van der Waals surface area (Å²) in [6.45, 7) is 3.43. The topological polar surface area (TPSA) is 76.5 Å². The van der Waals surface area contributed by atoms with E-state index in [1.54, 1.807) is 29.3 Å². The van der Waals surface area contributed by atoms with Crippen LogP contribution in [0.3, 0.4) is 0 Å². The lowest BCUT2D eigenvalue weighted by Crippen LogP contribution is -2.51. The van der Waals surface area contributed by atoms with Crippen LogP contribution in [-0.4, -0.2) is 44.5 Å². The number of fused-ring (bicyclic) bond motifs is 1. The number of nitrogens with two attached hydrogens (primary N) is 1. The van der Waals surface area contributed by atoms with Crippen molar-refractivity contribution in [3.05, 3.63) is 30.4 Å². The summed E-state index contributed by atoms with van der Waals surface area (Å²) in [6, 6.07) is 0.114. The lowest BCUT2D eigenvalue weighted by Gasteiger charge is -2.39. The van der Waals surface area contributed by atoms with Crippen LogP contribution in [0.5, 0.6) is 0 Å². The van der Waals surface area contributed by atoms with E-state index in [0.29, 0.717) is 18.0 Å². The molecule has 0 radical (unpaired) electrons. The van der Waals surface area contributed by atoms with E-state index in [4.69, 9.17) is 5.73 Å². The number of hydrogen-bond donors (Lipinski definition) is 1. The fraction of sp³-hybridized carbons (Fsp3) is 0.500. The quantitative estimate of drug-likeness (QED) is 0.883. The van der Waals surface area contributed by atoms with Gasteiger partial charge in [0.25, 0.3) is 5.91 Å². The standard InChI is InChI=1S/C14H19N5O/c1-10-3-2-5-18(12(10)7-15)14(20)11-8-17-19-6-4-16-9-13(11)19/h4,6,8-10,12H,2-3,5,7,15H2,1H3. The maximum absolute atomic E-state index is 12.8. The van der Waals surface area contributed by atoms with Gasteiger partial charge in [-0.1, -0.05) is 6.92 Å². The Kier molecular flexibility index (Phi) is 3.40. The highest BCUT2D eigenvalue weighted by atomic mass is 16.2. The first kappa shape index (κ1) is 13.1. The third-order valence-corrected chi connectivity index (χ3v) is 4.17. The summed E-state index contributed by atoms with van der Waals surface area (Å²) < 4.78 is 1.67. The minimum absolute atomic E-state index is 0.00926. The predicted octanol–water partition coefficient (Wildman–Crippen LogP) is 0.929. The number of rotatable bonds is 2. The first-order valence-electron chi connectivity index (χ1n) is 7.00. The Bertz CT molecular complexity index is 623. The molecule has 6 heteroatoms. The van der Waals surface area contributed by atoms with Crippen molar-refractivity contribution in [1.29, 1.82) is 0 Å². The Morgan fingerprint density at radius 1 is 1.50 bits per heavy atom. The Morgan fingerprint density at radius 2 is 2.35 bits per heavy atom. The molecule has 1 aliphatic rings. The molecule has 106 valence electrons. The summed E-state index contributed by atoms with van der Waals surface area (Å²) in [4.78, 5) is 18.8. The Morgan fingerprint density at radius 3 is 3.15 bits per heavy atom. The number of carbonyl (C=O) groups is 1. The molecular weight excluding hydrogens is 254 g/mol. The van der Waals surface area contributed by atoms with Crippen molar-refractivity contribution in [2.24, 2.45) is 11.7 Å². The molecule has 2 aromatic rings. The van der Waals surface area contributed by atoms with Crippen LogP contribution in [-0.2, 0) is 0 Å². The van der Waals surface area contributed by atoms with Gasteiger partial charge in [0.2, 0.25) is 0 Å². The summed E-state index contributed by atoms with van der Waals surface area (Å²) in [5.41, 5.74) is 7.21. The molecule has 1 aliphatic heterocycles. The number of nitrogens with zero attached hydrogens (tertiary/aromatic N) is 4. The van der Waals surface area contributed by atoms with Crippen molar-refractivity contribution in [2.45, 2.75) is 25.8 Å². The molecule has 0 aromatic carbocycles. The van der Waals surface area contributed by atoms with Crippen LogP contribution in [0, 0.1) is 5.92 Å². The third kappa shape index (κ3) is 2.06. The molecule has 2 atom stereocenters. The molecule has 1 saturated heterocycles. The molecule has 20 heavy (non-hydrogen) atoms. The third-order valence-electron chi connectivity index (χ3n) is 4.17. The van der Waals surface area contributed by atoms with Gasteiger partial charge in [-0.3, -0.25) is 9.78 Å². The first-order valence-corrected chi connectivity index (χ1v) is 7.00. The second-order valence-corrected chi connectivity index (χ2v) is 5.39. The fourth-order valence-electron chi connectivity index (χ4n) is 3.01. The predicted molar refractivity (Wildman–Crippen MR) is 75.3 cm³/mol. The van der Waals surface area contributed by atoms with Gasteiger partial charge >= 0.3 is 0 Å². The van der Waals surface area contributed by atoms with E-state index in [1.807, 2.05) is 4.90 Å². The number of amides is 1. The smallest absolute Gasteiger partial charge is 0.258 e. The zero-order chi connectivity index (χ0) is 14.1. The van der Waals surface area contributed by atoms with Crippen LogP contribution >= 0.6 is 0 Å². The minimum atomic E-state index is 0.00926. The van der Waals surface area contributed by atoms with Crippen molar-refractivity contribution in [3.63, 3.8) is 0 Å². The van der Waals surface area contributed by atoms with Gasteiger partial charge in [-0.25, -0.2) is 4.52 Å². The second-order valence-electron chi connectivity index (χ2n) is 5.39. The van der Waals surface area contributed by atoms with E-state index in [2.05, 4.69) is 17.0 Å². The normalized spacial score (nSPS) is 23.2. The fourth-order valence-corrected chi connectivity index (χ4v) is 3.01. The molecule has 2 aromatic heterocycles. The number of aromatic nitrogens is 3. The van der Waals surface area contributed by atoms with E-state index >= 15 is 0 Å². The largest absolute Gasteiger partial charge is 0.334 e. The van der Waals surface area contributed by atoms with Crippen molar-refractivity contribution >= 4 is 11.4 Å². The molecule has 0 aliphatic carbocycles. The Balaban J connectivity index is 1.95. The highest BCUT2D eigenvalue weighted by Crippen LogP contribution is 2.25. The second kappa shape index (κ2) is 5.20. The zero-order valence-corrected chi connectivity index (χ0v) is 11.6. The summed E-state index contributed by atoms with van der Waals surface area (Å²) in [7, 11) is 0. The SMILES string of the molecule is CC1CCCN(C(=O)c2cnn3ccncc23)C1CN. The van der Waals surface area contributed by atoms with E-state index in [-0.39, 0.29) is 11.9 Å². The molecule has 0 saturated carbocycles. The molecule has 2 unspecified atom stereocenters. The van der Waals surface area contributed by atoms with Crippen LogP contribution in [0.25, 0.3) is 5.52 Å². The van der Waals surface area contributed by atoms with Gasteiger partial charge in [0.1, 0.15) is 0 Å². The first-order chi connectivity index (χ1) is 9.72. The number of piperidine rings is 1. The average Bonchev–Trinajstić information content (AvgIpc) is 2.90. The lowest BCUT2D eigenvalue weighted by molar-refractivity contribution is 0.0534. The molecule has 6 nitrogen and oxygen atoms in total. The zero-order valence-electron chi connectivity index (χ0n) is 11.6. The highest BCUT2D eigenvalue weighted by molar-refractivity contribution is 6.00. The molecular formula is C14H19N5O. The van der Waals surface area contributed by atoms with E-state index in [1.165, 1.54) is 0 Å². The minimum Gasteiger partial charge on any atom is -0.334 e. The maximum Gasteiger partial charge on any atom is 0.258 e. The number of hydrogen-bond acceptors (Lipinski definition) is 4. The summed E-state index contributed by atoms with van der Waals surface area (Å²) >= 11 is 0. The van der Waals surface area contributed by atoms with Gasteiger partial charge in [-0.2, -0.15) is 5.10 Å². The average molecular weight is 273 g/mol. The number of carbonyl (C=O) groups excluding carboxylic acids is 1. The van der Waals surface area contributed by atoms with E-state index in [0.717, 1.165) is 24.9 Å². The summed E-state index contributed by atoms with van der Waals surface area (Å²) in [5, 5.41) is 4.20. The highest BCUT2D eigenvalue weighted by Gasteiger charge is 2.32. The summed E-state index contributed by atoms with van der Waals surface area (Å²) in [5.74, 6) is 0.452. The van der Waals surface area contributed by atoms with Gasteiger partial charge in [0.05, 0.1) is 23.5 Å². The van der Waals surface area contributed by atoms with E-state index < -0.39 is 0 Å². The van der Waals surface area contributed by atoms with Crippen molar-refractivity contribution in [3.8, 4) is 0 Å². The lowest BCUT2D eigenvalue weighted by atomic mass is 9.90. The molecule has 2 N–H and O–H groups in total. The van der Waals surface area contributed by atoms with Crippen LogP contribution in [0.1, 0.15) is 30.1 Å². The molecule has 0 spiro atoms. The van der Waals surface area contributed by atoms with Crippen LogP contribution in [0.15, 0.2) is 24.8 Å². The van der Waals surface area contributed by atoms with Crippen LogP contribution in [0.4, 0.5) is 0 Å². The molecule has 3 heterocycles. The molecule has 1 amide bonds. The maximum atomic E-state index is 12.8. The van der Waals surface area contributed by atoms with Crippen molar-refractivity contribution in [1.82, 2.24) is 19.5 Å². The van der Waals surface area contributed by atoms with Gasteiger partial charge in [-0.05, 0) is 18.8 Å². The number of likely N-dealkylation sites (tertiary alicyclic amines) is 1. The van der Waals surface area contributed by atoms with Gasteiger partial charge in [0.15, 0.2) is 0 Å². The van der Waals surface area contributed by atoms with Crippen LogP contribution < -0.4 is 5.73 Å². The Hall–Kier alpha value is -1.95. The van der Waals surface area contributed by atoms with Gasteiger partial charge < -0.3 is 10.6 Å². The van der Waals surface area contributed by atoms with Gasteiger partial charge in [0, 0.05) is 31.5 Å². The van der Waals surface area contributed by atoms with Crippen molar-refractivity contribution < 1.29 is 4.79 Å². The van der Waals surface area contributed by atoms with Gasteiger partial charge in [-0.15, -0.1) is 0 Å². The molecule has 3 rings (SSSR count). The van der Waals surface area contributed by atoms with E-state index in [9.17, 15) is 4.79 Å².